The third kappa shape index (κ3) is 6.29. The molecule has 0 saturated heterocycles. The predicted molar refractivity (Wildman–Crippen MR) is 70.4 cm³/mol. The molecule has 0 aliphatic rings. The van der Waals surface area contributed by atoms with Crippen molar-refractivity contribution in [3.8, 4) is 5.75 Å². The Labute approximate surface area is 104 Å². The lowest BCUT2D eigenvalue weighted by atomic mass is 10.2. The van der Waals surface area contributed by atoms with Gasteiger partial charge in [0, 0.05) is 13.2 Å². The highest BCUT2D eigenvalue weighted by Crippen LogP contribution is 2.11. The normalized spacial score (nSPS) is 10.8. The van der Waals surface area contributed by atoms with E-state index in [9.17, 15) is 0 Å². The van der Waals surface area contributed by atoms with Crippen molar-refractivity contribution >= 4 is 0 Å². The number of methoxy groups -OCH3 is 1. The van der Waals surface area contributed by atoms with Crippen molar-refractivity contribution in [1.82, 2.24) is 5.32 Å². The number of rotatable bonds is 8. The third-order valence-electron chi connectivity index (χ3n) is 2.41. The summed E-state index contributed by atoms with van der Waals surface area (Å²) in [6.07, 6.45) is 1.37. The highest BCUT2D eigenvalue weighted by atomic mass is 16.5. The summed E-state index contributed by atoms with van der Waals surface area (Å²) < 4.78 is 10.6. The second-order valence-corrected chi connectivity index (χ2v) is 4.30. The summed E-state index contributed by atoms with van der Waals surface area (Å²) in [6, 6.07) is 8.12. The highest BCUT2D eigenvalue weighted by molar-refractivity contribution is 5.28. The molecular formula is C14H23NO2. The van der Waals surface area contributed by atoms with Gasteiger partial charge in [-0.15, -0.1) is 0 Å². The van der Waals surface area contributed by atoms with Crippen LogP contribution < -0.4 is 10.1 Å². The highest BCUT2D eigenvalue weighted by Gasteiger charge is 1.96. The maximum absolute atomic E-state index is 5.47. The molecule has 3 heteroatoms. The lowest BCUT2D eigenvalue weighted by Gasteiger charge is -2.08. The van der Waals surface area contributed by atoms with Crippen LogP contribution in [0.2, 0.25) is 0 Å². The van der Waals surface area contributed by atoms with Gasteiger partial charge in [0.15, 0.2) is 0 Å². The molecule has 0 saturated carbocycles. The first-order valence-electron chi connectivity index (χ1n) is 6.17. The fourth-order valence-corrected chi connectivity index (χ4v) is 1.53. The van der Waals surface area contributed by atoms with E-state index in [1.54, 1.807) is 7.11 Å². The lowest BCUT2D eigenvalue weighted by Crippen LogP contribution is -2.17. The van der Waals surface area contributed by atoms with Crippen LogP contribution in [0.3, 0.4) is 0 Å². The van der Waals surface area contributed by atoms with E-state index in [1.165, 1.54) is 5.56 Å². The van der Waals surface area contributed by atoms with E-state index in [2.05, 4.69) is 31.3 Å². The second kappa shape index (κ2) is 8.09. The molecule has 1 rings (SSSR count). The molecule has 0 atom stereocenters. The molecule has 3 nitrogen and oxygen atoms in total. The lowest BCUT2D eigenvalue weighted by molar-refractivity contribution is 0.0770. The molecule has 0 fully saturated rings. The first kappa shape index (κ1) is 14.0. The van der Waals surface area contributed by atoms with Crippen LogP contribution in [0.1, 0.15) is 25.8 Å². The third-order valence-corrected chi connectivity index (χ3v) is 2.41. The smallest absolute Gasteiger partial charge is 0.119 e. The Morgan fingerprint density at radius 1 is 1.29 bits per heavy atom. The summed E-state index contributed by atoms with van der Waals surface area (Å²) in [5.74, 6) is 0.910. The Morgan fingerprint density at radius 2 is 2.12 bits per heavy atom. The van der Waals surface area contributed by atoms with Crippen LogP contribution >= 0.6 is 0 Å². The Hall–Kier alpha value is -1.06. The van der Waals surface area contributed by atoms with E-state index in [-0.39, 0.29) is 0 Å². The van der Waals surface area contributed by atoms with Gasteiger partial charge in [-0.1, -0.05) is 12.1 Å². The molecule has 0 aromatic heterocycles. The Morgan fingerprint density at radius 3 is 2.82 bits per heavy atom. The summed E-state index contributed by atoms with van der Waals surface area (Å²) in [5.41, 5.74) is 1.24. The van der Waals surface area contributed by atoms with E-state index in [1.807, 2.05) is 12.1 Å². The molecule has 0 amide bonds. The van der Waals surface area contributed by atoms with Crippen molar-refractivity contribution in [2.24, 2.45) is 0 Å². The van der Waals surface area contributed by atoms with E-state index in [0.717, 1.165) is 31.9 Å². The fourth-order valence-electron chi connectivity index (χ4n) is 1.53. The molecule has 96 valence electrons. The molecule has 0 spiro atoms. The summed E-state index contributed by atoms with van der Waals surface area (Å²) >= 11 is 0. The Balaban J connectivity index is 2.13. The monoisotopic (exact) mass is 237 g/mol. The van der Waals surface area contributed by atoms with Crippen molar-refractivity contribution in [1.29, 1.82) is 0 Å². The SMILES string of the molecule is COc1cccc(CNCCCOC(C)C)c1. The fraction of sp³-hybridized carbons (Fsp3) is 0.571. The molecule has 17 heavy (non-hydrogen) atoms. The van der Waals surface area contributed by atoms with Crippen molar-refractivity contribution < 1.29 is 9.47 Å². The van der Waals surface area contributed by atoms with Gasteiger partial charge in [-0.3, -0.25) is 0 Å². The minimum atomic E-state index is 0.327. The van der Waals surface area contributed by atoms with Gasteiger partial charge >= 0.3 is 0 Å². The Bertz CT molecular complexity index is 313. The number of ether oxygens (including phenoxy) is 2. The number of hydrogen-bond acceptors (Lipinski definition) is 3. The summed E-state index contributed by atoms with van der Waals surface area (Å²) in [4.78, 5) is 0. The number of nitrogens with one attached hydrogen (secondary N) is 1. The molecule has 0 bridgehead atoms. The van der Waals surface area contributed by atoms with Crippen LogP contribution in [-0.4, -0.2) is 26.4 Å². The van der Waals surface area contributed by atoms with Crippen molar-refractivity contribution in [3.05, 3.63) is 29.8 Å². The van der Waals surface area contributed by atoms with Gasteiger partial charge in [-0.25, -0.2) is 0 Å². The molecule has 0 unspecified atom stereocenters. The van der Waals surface area contributed by atoms with Crippen LogP contribution in [0.25, 0.3) is 0 Å². The molecule has 1 aromatic rings. The zero-order chi connectivity index (χ0) is 12.5. The molecule has 1 N–H and O–H groups in total. The van der Waals surface area contributed by atoms with Crippen LogP contribution in [0.15, 0.2) is 24.3 Å². The second-order valence-electron chi connectivity index (χ2n) is 4.30. The van der Waals surface area contributed by atoms with Gasteiger partial charge in [-0.2, -0.15) is 0 Å². The Kier molecular flexibility index (Phi) is 6.67. The summed E-state index contributed by atoms with van der Waals surface area (Å²) in [7, 11) is 1.69. The topological polar surface area (TPSA) is 30.5 Å². The first-order chi connectivity index (χ1) is 8.22. The summed E-state index contributed by atoms with van der Waals surface area (Å²) in [6.45, 7) is 6.79. The molecule has 0 aliphatic heterocycles. The van der Waals surface area contributed by atoms with Gasteiger partial charge in [0.2, 0.25) is 0 Å². The largest absolute Gasteiger partial charge is 0.497 e. The predicted octanol–water partition coefficient (Wildman–Crippen LogP) is 2.60. The molecule has 1 aromatic carbocycles. The average molecular weight is 237 g/mol. The maximum atomic E-state index is 5.47. The van der Waals surface area contributed by atoms with Gasteiger partial charge < -0.3 is 14.8 Å². The van der Waals surface area contributed by atoms with Crippen LogP contribution in [0.5, 0.6) is 5.75 Å². The maximum Gasteiger partial charge on any atom is 0.119 e. The number of hydrogen-bond donors (Lipinski definition) is 1. The zero-order valence-corrected chi connectivity index (χ0v) is 11.0. The zero-order valence-electron chi connectivity index (χ0n) is 11.0. The average Bonchev–Trinajstić information content (AvgIpc) is 2.33. The minimum absolute atomic E-state index is 0.327. The quantitative estimate of drug-likeness (QED) is 0.705. The van der Waals surface area contributed by atoms with E-state index in [4.69, 9.17) is 9.47 Å². The summed E-state index contributed by atoms with van der Waals surface area (Å²) in [5, 5.41) is 3.39. The molecule has 0 heterocycles. The van der Waals surface area contributed by atoms with Crippen molar-refractivity contribution in [2.45, 2.75) is 32.9 Å². The van der Waals surface area contributed by atoms with E-state index in [0.29, 0.717) is 6.10 Å². The van der Waals surface area contributed by atoms with Crippen LogP contribution in [-0.2, 0) is 11.3 Å². The van der Waals surface area contributed by atoms with Gasteiger partial charge in [0.25, 0.3) is 0 Å². The molecule has 0 aliphatic carbocycles. The minimum Gasteiger partial charge on any atom is -0.497 e. The number of benzene rings is 1. The molecular weight excluding hydrogens is 214 g/mol. The van der Waals surface area contributed by atoms with E-state index < -0.39 is 0 Å². The van der Waals surface area contributed by atoms with Gasteiger partial charge in [-0.05, 0) is 44.5 Å². The first-order valence-corrected chi connectivity index (χ1v) is 6.17. The van der Waals surface area contributed by atoms with Gasteiger partial charge in [0.1, 0.15) is 5.75 Å². The standard InChI is InChI=1S/C14H23NO2/c1-12(2)17-9-5-8-15-11-13-6-4-7-14(10-13)16-3/h4,6-7,10,12,15H,5,8-9,11H2,1-3H3. The van der Waals surface area contributed by atoms with Crippen molar-refractivity contribution in [3.63, 3.8) is 0 Å². The van der Waals surface area contributed by atoms with Crippen LogP contribution in [0, 0.1) is 0 Å². The van der Waals surface area contributed by atoms with Gasteiger partial charge in [0.05, 0.1) is 13.2 Å². The van der Waals surface area contributed by atoms with E-state index >= 15 is 0 Å². The van der Waals surface area contributed by atoms with Crippen LogP contribution in [0.4, 0.5) is 0 Å². The molecule has 0 radical (unpaired) electrons. The van der Waals surface area contributed by atoms with Crippen molar-refractivity contribution in [2.75, 3.05) is 20.3 Å².